The Labute approximate surface area is 157 Å². The monoisotopic (exact) mass is 370 g/mol. The van der Waals surface area contributed by atoms with Crippen molar-refractivity contribution >= 4 is 11.9 Å². The molecule has 7 heteroatoms. The molecule has 1 N–H and O–H groups in total. The van der Waals surface area contributed by atoms with Crippen LogP contribution >= 0.6 is 0 Å². The first-order valence-corrected chi connectivity index (χ1v) is 8.75. The zero-order valence-corrected chi connectivity index (χ0v) is 15.1. The Hall–Kier alpha value is -2.93. The SMILES string of the molecule is COCC1(C(=O)O)CCCN(C(=O)c2ccc(Oc3ccccc3)nc2)C1. The summed E-state index contributed by atoms with van der Waals surface area (Å²) in [7, 11) is 1.47. The van der Waals surface area contributed by atoms with Gasteiger partial charge in [0.05, 0.1) is 12.2 Å². The van der Waals surface area contributed by atoms with E-state index in [2.05, 4.69) is 4.98 Å². The summed E-state index contributed by atoms with van der Waals surface area (Å²) >= 11 is 0. The minimum Gasteiger partial charge on any atom is -0.481 e. The van der Waals surface area contributed by atoms with Gasteiger partial charge in [-0.15, -0.1) is 0 Å². The lowest BCUT2D eigenvalue weighted by atomic mass is 9.80. The minimum absolute atomic E-state index is 0.0776. The van der Waals surface area contributed by atoms with Gasteiger partial charge in [-0.3, -0.25) is 9.59 Å². The summed E-state index contributed by atoms with van der Waals surface area (Å²) in [5.74, 6) is -0.136. The standard InChI is InChI=1S/C20H22N2O5/c1-26-14-20(19(24)25)10-5-11-22(13-20)18(23)15-8-9-17(21-12-15)27-16-6-3-2-4-7-16/h2-4,6-9,12H,5,10-11,13-14H2,1H3,(H,24,25). The maximum absolute atomic E-state index is 12.8. The van der Waals surface area contributed by atoms with Gasteiger partial charge in [-0.1, -0.05) is 18.2 Å². The number of hydrogen-bond donors (Lipinski definition) is 1. The summed E-state index contributed by atoms with van der Waals surface area (Å²) in [6.45, 7) is 0.714. The van der Waals surface area contributed by atoms with Crippen molar-refractivity contribution in [3.8, 4) is 11.6 Å². The van der Waals surface area contributed by atoms with Gasteiger partial charge < -0.3 is 19.5 Å². The number of amides is 1. The molecule has 0 aliphatic carbocycles. The number of rotatable bonds is 6. The summed E-state index contributed by atoms with van der Waals surface area (Å²) in [5, 5.41) is 9.62. The number of hydrogen-bond acceptors (Lipinski definition) is 5. The molecule has 2 aromatic rings. The topological polar surface area (TPSA) is 89.0 Å². The highest BCUT2D eigenvalue weighted by molar-refractivity contribution is 5.94. The molecule has 0 bridgehead atoms. The van der Waals surface area contributed by atoms with Crippen LogP contribution in [0.3, 0.4) is 0 Å². The Kier molecular flexibility index (Phi) is 5.71. The molecule has 0 saturated carbocycles. The van der Waals surface area contributed by atoms with Crippen molar-refractivity contribution in [1.29, 1.82) is 0 Å². The second-order valence-electron chi connectivity index (χ2n) is 6.65. The van der Waals surface area contributed by atoms with E-state index in [-0.39, 0.29) is 19.1 Å². The number of aliphatic carboxylic acids is 1. The molecule has 3 rings (SSSR count). The van der Waals surface area contributed by atoms with E-state index < -0.39 is 11.4 Å². The number of carbonyl (C=O) groups is 2. The lowest BCUT2D eigenvalue weighted by Gasteiger charge is -2.39. The van der Waals surface area contributed by atoms with Gasteiger partial charge in [-0.2, -0.15) is 0 Å². The predicted octanol–water partition coefficient (Wildman–Crippen LogP) is 2.83. The zero-order valence-electron chi connectivity index (χ0n) is 15.1. The molecule has 1 saturated heterocycles. The van der Waals surface area contributed by atoms with Crippen molar-refractivity contribution in [3.63, 3.8) is 0 Å². The van der Waals surface area contributed by atoms with E-state index in [1.54, 1.807) is 17.0 Å². The number of carbonyl (C=O) groups excluding carboxylic acids is 1. The largest absolute Gasteiger partial charge is 0.481 e. The fourth-order valence-corrected chi connectivity index (χ4v) is 3.29. The summed E-state index contributed by atoms with van der Waals surface area (Å²) in [5.41, 5.74) is -0.666. The smallest absolute Gasteiger partial charge is 0.313 e. The maximum atomic E-state index is 12.8. The van der Waals surface area contributed by atoms with Gasteiger partial charge in [0, 0.05) is 32.5 Å². The minimum atomic E-state index is -1.06. The molecule has 142 valence electrons. The summed E-state index contributed by atoms with van der Waals surface area (Å²) < 4.78 is 10.7. The predicted molar refractivity (Wildman–Crippen MR) is 97.8 cm³/mol. The van der Waals surface area contributed by atoms with Gasteiger partial charge in [-0.25, -0.2) is 4.98 Å². The van der Waals surface area contributed by atoms with Crippen LogP contribution in [0, 0.1) is 5.41 Å². The van der Waals surface area contributed by atoms with Crippen LogP contribution in [0.15, 0.2) is 48.7 Å². The molecule has 1 aliphatic rings. The Bertz CT molecular complexity index is 790. The molecule has 1 unspecified atom stereocenters. The third-order valence-electron chi connectivity index (χ3n) is 4.69. The molecule has 1 aromatic carbocycles. The number of methoxy groups -OCH3 is 1. The van der Waals surface area contributed by atoms with Gasteiger partial charge >= 0.3 is 5.97 Å². The van der Waals surface area contributed by atoms with Gasteiger partial charge in [0.15, 0.2) is 0 Å². The average Bonchev–Trinajstić information content (AvgIpc) is 2.69. The van der Waals surface area contributed by atoms with Crippen LogP contribution in [0.4, 0.5) is 0 Å². The number of piperidine rings is 1. The second-order valence-corrected chi connectivity index (χ2v) is 6.65. The van der Waals surface area contributed by atoms with Crippen molar-refractivity contribution in [1.82, 2.24) is 9.88 Å². The Morgan fingerprint density at radius 3 is 2.63 bits per heavy atom. The highest BCUT2D eigenvalue weighted by Crippen LogP contribution is 2.31. The van der Waals surface area contributed by atoms with Crippen molar-refractivity contribution in [2.75, 3.05) is 26.8 Å². The molecule has 1 aliphatic heterocycles. The third kappa shape index (κ3) is 4.25. The molecule has 2 heterocycles. The van der Waals surface area contributed by atoms with Crippen LogP contribution in [0.2, 0.25) is 0 Å². The van der Waals surface area contributed by atoms with Crippen LogP contribution in [-0.4, -0.2) is 53.7 Å². The van der Waals surface area contributed by atoms with E-state index in [4.69, 9.17) is 9.47 Å². The van der Waals surface area contributed by atoms with E-state index in [1.807, 2.05) is 30.3 Å². The number of benzene rings is 1. The third-order valence-corrected chi connectivity index (χ3v) is 4.69. The lowest BCUT2D eigenvalue weighted by molar-refractivity contribution is -0.155. The van der Waals surface area contributed by atoms with Crippen molar-refractivity contribution < 1.29 is 24.2 Å². The fraction of sp³-hybridized carbons (Fsp3) is 0.350. The molecular formula is C20H22N2O5. The Morgan fingerprint density at radius 2 is 2.00 bits per heavy atom. The van der Waals surface area contributed by atoms with Crippen LogP contribution in [0.1, 0.15) is 23.2 Å². The number of likely N-dealkylation sites (tertiary alicyclic amines) is 1. The first-order valence-electron chi connectivity index (χ1n) is 8.75. The highest BCUT2D eigenvalue weighted by atomic mass is 16.5. The molecule has 0 spiro atoms. The van der Waals surface area contributed by atoms with Crippen molar-refractivity contribution in [2.24, 2.45) is 5.41 Å². The number of para-hydroxylation sites is 1. The number of aromatic nitrogens is 1. The molecule has 0 radical (unpaired) electrons. The molecule has 1 aromatic heterocycles. The quantitative estimate of drug-likeness (QED) is 0.841. The Morgan fingerprint density at radius 1 is 1.22 bits per heavy atom. The fourth-order valence-electron chi connectivity index (χ4n) is 3.29. The summed E-state index contributed by atoms with van der Waals surface area (Å²) in [6, 6.07) is 12.5. The lowest BCUT2D eigenvalue weighted by Crippen LogP contribution is -2.52. The number of nitrogens with zero attached hydrogens (tertiary/aromatic N) is 2. The first-order chi connectivity index (χ1) is 13.0. The van der Waals surface area contributed by atoms with E-state index in [0.29, 0.717) is 36.6 Å². The normalized spacial score (nSPS) is 19.5. The van der Waals surface area contributed by atoms with E-state index in [1.165, 1.54) is 13.3 Å². The second kappa shape index (κ2) is 8.18. The zero-order chi connectivity index (χ0) is 19.3. The molecule has 1 amide bonds. The van der Waals surface area contributed by atoms with E-state index >= 15 is 0 Å². The van der Waals surface area contributed by atoms with E-state index in [0.717, 1.165) is 0 Å². The molecule has 1 fully saturated rings. The van der Waals surface area contributed by atoms with Crippen LogP contribution in [-0.2, 0) is 9.53 Å². The van der Waals surface area contributed by atoms with Crippen molar-refractivity contribution in [3.05, 3.63) is 54.2 Å². The number of ether oxygens (including phenoxy) is 2. The Balaban J connectivity index is 1.70. The number of pyridine rings is 1. The van der Waals surface area contributed by atoms with Gasteiger partial charge in [0.1, 0.15) is 11.2 Å². The van der Waals surface area contributed by atoms with Crippen LogP contribution in [0.25, 0.3) is 0 Å². The molecule has 1 atom stereocenters. The van der Waals surface area contributed by atoms with Gasteiger partial charge in [0.25, 0.3) is 5.91 Å². The summed E-state index contributed by atoms with van der Waals surface area (Å²) in [6.07, 6.45) is 2.56. The van der Waals surface area contributed by atoms with Crippen LogP contribution < -0.4 is 4.74 Å². The molecule has 7 nitrogen and oxygen atoms in total. The molecule has 27 heavy (non-hydrogen) atoms. The number of carboxylic acid groups (broad SMARTS) is 1. The maximum Gasteiger partial charge on any atom is 0.313 e. The summed E-state index contributed by atoms with van der Waals surface area (Å²) in [4.78, 5) is 30.3. The van der Waals surface area contributed by atoms with Crippen molar-refractivity contribution in [2.45, 2.75) is 12.8 Å². The average molecular weight is 370 g/mol. The van der Waals surface area contributed by atoms with E-state index in [9.17, 15) is 14.7 Å². The molecular weight excluding hydrogens is 348 g/mol. The highest BCUT2D eigenvalue weighted by Gasteiger charge is 2.44. The van der Waals surface area contributed by atoms with Crippen LogP contribution in [0.5, 0.6) is 11.6 Å². The van der Waals surface area contributed by atoms with Gasteiger partial charge in [0.2, 0.25) is 5.88 Å². The van der Waals surface area contributed by atoms with Gasteiger partial charge in [-0.05, 0) is 31.0 Å². The number of carboxylic acids is 1. The first kappa shape index (κ1) is 18.8.